The SMILES string of the molecule is CC(C)(C)OC(=O)CCC1(CC(=O)O)CCC(=O)CC1.CC(C)(C)OC(=O)CCC1(CC(=O)O)CCC(N)CC1. The Bertz CT molecular complexity index is 880. The van der Waals surface area contributed by atoms with Crippen LogP contribution in [0.3, 0.4) is 0 Å². The maximum atomic E-state index is 11.8. The number of hydrogen-bond donors (Lipinski definition) is 3. The van der Waals surface area contributed by atoms with Crippen LogP contribution in [-0.2, 0) is 33.4 Å². The fourth-order valence-electron chi connectivity index (χ4n) is 5.50. The van der Waals surface area contributed by atoms with Crippen LogP contribution in [0.4, 0.5) is 0 Å². The number of aliphatic carboxylic acids is 2. The molecular formula is C30H51NO9. The molecule has 4 N–H and O–H groups in total. The van der Waals surface area contributed by atoms with Crippen molar-refractivity contribution in [2.24, 2.45) is 16.6 Å². The minimum atomic E-state index is -0.872. The van der Waals surface area contributed by atoms with Crippen molar-refractivity contribution in [3.05, 3.63) is 0 Å². The van der Waals surface area contributed by atoms with Crippen molar-refractivity contribution < 1.29 is 43.7 Å². The molecule has 2 rings (SSSR count). The summed E-state index contributed by atoms with van der Waals surface area (Å²) in [6.45, 7) is 10.9. The third-order valence-corrected chi connectivity index (χ3v) is 7.57. The average molecular weight is 570 g/mol. The van der Waals surface area contributed by atoms with Crippen LogP contribution in [0, 0.1) is 10.8 Å². The molecule has 0 heterocycles. The van der Waals surface area contributed by atoms with E-state index in [2.05, 4.69) is 0 Å². The second-order valence-corrected chi connectivity index (χ2v) is 13.7. The van der Waals surface area contributed by atoms with Gasteiger partial charge in [-0.15, -0.1) is 0 Å². The van der Waals surface area contributed by atoms with Gasteiger partial charge in [-0.3, -0.25) is 24.0 Å². The van der Waals surface area contributed by atoms with Gasteiger partial charge < -0.3 is 25.4 Å². The fraction of sp³-hybridized carbons (Fsp3) is 0.833. The van der Waals surface area contributed by atoms with Gasteiger partial charge >= 0.3 is 23.9 Å². The van der Waals surface area contributed by atoms with Crippen molar-refractivity contribution in [1.29, 1.82) is 0 Å². The highest BCUT2D eigenvalue weighted by Crippen LogP contribution is 2.43. The monoisotopic (exact) mass is 569 g/mol. The minimum Gasteiger partial charge on any atom is -0.481 e. The lowest BCUT2D eigenvalue weighted by Crippen LogP contribution is -2.36. The van der Waals surface area contributed by atoms with Crippen LogP contribution in [0.25, 0.3) is 0 Å². The molecule has 40 heavy (non-hydrogen) atoms. The van der Waals surface area contributed by atoms with E-state index in [0.29, 0.717) is 38.5 Å². The van der Waals surface area contributed by atoms with Gasteiger partial charge in [-0.1, -0.05) is 0 Å². The molecule has 0 bridgehead atoms. The lowest BCUT2D eigenvalue weighted by Gasteiger charge is -2.38. The van der Waals surface area contributed by atoms with Crippen molar-refractivity contribution >= 4 is 29.7 Å². The van der Waals surface area contributed by atoms with Crippen LogP contribution in [0.1, 0.15) is 131 Å². The first-order chi connectivity index (χ1) is 18.2. The fourth-order valence-corrected chi connectivity index (χ4v) is 5.50. The zero-order valence-corrected chi connectivity index (χ0v) is 25.3. The first-order valence-electron chi connectivity index (χ1n) is 14.4. The number of nitrogens with two attached hydrogens (primary N) is 1. The standard InChI is InChI=1S/C15H27NO4.C15H24O5/c2*1-14(2,3)20-13(19)6-9-15(10-12(17)18)7-4-11(16)5-8-15/h11H,4-10,16H2,1-3H3,(H,17,18);4-10H2,1-3H3,(H,17,18). The number of carbonyl (C=O) groups excluding carboxylic acids is 3. The largest absolute Gasteiger partial charge is 0.481 e. The summed E-state index contributed by atoms with van der Waals surface area (Å²) >= 11 is 0. The normalized spacial score (nSPS) is 22.9. The van der Waals surface area contributed by atoms with Crippen LogP contribution >= 0.6 is 0 Å². The van der Waals surface area contributed by atoms with Gasteiger partial charge in [-0.2, -0.15) is 0 Å². The van der Waals surface area contributed by atoms with E-state index in [1.165, 1.54) is 0 Å². The molecule has 2 aliphatic rings. The van der Waals surface area contributed by atoms with Gasteiger partial charge in [0.05, 0.1) is 12.8 Å². The highest BCUT2D eigenvalue weighted by atomic mass is 16.6. The summed E-state index contributed by atoms with van der Waals surface area (Å²) in [4.78, 5) is 57.0. The number of carbonyl (C=O) groups is 5. The maximum absolute atomic E-state index is 11.8. The highest BCUT2D eigenvalue weighted by Gasteiger charge is 2.38. The van der Waals surface area contributed by atoms with Crippen LogP contribution in [-0.4, -0.2) is 57.1 Å². The van der Waals surface area contributed by atoms with Crippen molar-refractivity contribution in [3.8, 4) is 0 Å². The van der Waals surface area contributed by atoms with E-state index >= 15 is 0 Å². The summed E-state index contributed by atoms with van der Waals surface area (Å²) in [5.41, 5.74) is 4.14. The summed E-state index contributed by atoms with van der Waals surface area (Å²) in [7, 11) is 0. The Morgan fingerprint density at radius 3 is 1.43 bits per heavy atom. The van der Waals surface area contributed by atoms with E-state index in [0.717, 1.165) is 25.7 Å². The van der Waals surface area contributed by atoms with Crippen molar-refractivity contribution in [2.75, 3.05) is 0 Å². The van der Waals surface area contributed by atoms with Crippen molar-refractivity contribution in [3.63, 3.8) is 0 Å². The highest BCUT2D eigenvalue weighted by molar-refractivity contribution is 5.80. The van der Waals surface area contributed by atoms with E-state index in [9.17, 15) is 24.0 Å². The molecule has 0 spiro atoms. The predicted octanol–water partition coefficient (Wildman–Crippen LogP) is 5.18. The van der Waals surface area contributed by atoms with Gasteiger partial charge in [-0.05, 0) is 104 Å². The van der Waals surface area contributed by atoms with E-state index in [-0.39, 0.29) is 54.9 Å². The zero-order valence-electron chi connectivity index (χ0n) is 25.3. The Morgan fingerprint density at radius 1 is 0.750 bits per heavy atom. The van der Waals surface area contributed by atoms with E-state index < -0.39 is 28.6 Å². The van der Waals surface area contributed by atoms with E-state index in [1.807, 2.05) is 20.8 Å². The quantitative estimate of drug-likeness (QED) is 0.298. The molecule has 0 saturated heterocycles. The number of carboxylic acid groups (broad SMARTS) is 2. The molecule has 2 fully saturated rings. The molecule has 0 atom stereocenters. The maximum Gasteiger partial charge on any atom is 0.306 e. The summed E-state index contributed by atoms with van der Waals surface area (Å²) in [5, 5.41) is 18.1. The van der Waals surface area contributed by atoms with Gasteiger partial charge in [0.2, 0.25) is 0 Å². The van der Waals surface area contributed by atoms with E-state index in [1.54, 1.807) is 20.8 Å². The van der Waals surface area contributed by atoms with Crippen LogP contribution < -0.4 is 5.73 Å². The zero-order chi connectivity index (χ0) is 30.8. The van der Waals surface area contributed by atoms with Gasteiger partial charge in [0.25, 0.3) is 0 Å². The third kappa shape index (κ3) is 14.8. The molecule has 10 nitrogen and oxygen atoms in total. The second kappa shape index (κ2) is 14.9. The lowest BCUT2D eigenvalue weighted by atomic mass is 9.68. The molecule has 0 aromatic heterocycles. The number of rotatable bonds is 10. The van der Waals surface area contributed by atoms with Gasteiger partial charge in [0, 0.05) is 31.7 Å². The molecule has 0 amide bonds. The summed E-state index contributed by atoms with van der Waals surface area (Å²) in [5.74, 6) is -2.05. The molecule has 0 aliphatic heterocycles. The Balaban J connectivity index is 0.000000400. The first-order valence-corrected chi connectivity index (χ1v) is 14.4. The Labute approximate surface area is 238 Å². The molecule has 2 aliphatic carbocycles. The van der Waals surface area contributed by atoms with E-state index in [4.69, 9.17) is 25.4 Å². The number of esters is 2. The first kappa shape index (κ1) is 35.5. The van der Waals surface area contributed by atoms with Crippen LogP contribution in [0.15, 0.2) is 0 Å². The number of carboxylic acids is 2. The van der Waals surface area contributed by atoms with Crippen LogP contribution in [0.2, 0.25) is 0 Å². The van der Waals surface area contributed by atoms with Gasteiger partial charge in [0.1, 0.15) is 17.0 Å². The molecule has 230 valence electrons. The molecule has 0 aromatic rings. The molecule has 2 saturated carbocycles. The van der Waals surface area contributed by atoms with Crippen molar-refractivity contribution in [1.82, 2.24) is 0 Å². The number of ether oxygens (including phenoxy) is 2. The average Bonchev–Trinajstić information content (AvgIpc) is 2.78. The summed E-state index contributed by atoms with van der Waals surface area (Å²) in [6, 6.07) is 0.165. The topological polar surface area (TPSA) is 170 Å². The molecular weight excluding hydrogens is 518 g/mol. The molecule has 0 radical (unpaired) electrons. The smallest absolute Gasteiger partial charge is 0.306 e. The summed E-state index contributed by atoms with van der Waals surface area (Å²) in [6.07, 6.45) is 6.84. The molecule has 0 unspecified atom stereocenters. The number of Topliss-reactive ketones (excluding diaryl/α,β-unsaturated/α-hetero) is 1. The van der Waals surface area contributed by atoms with Gasteiger partial charge in [-0.25, -0.2) is 0 Å². The Kier molecular flexibility index (Phi) is 13.3. The summed E-state index contributed by atoms with van der Waals surface area (Å²) < 4.78 is 10.5. The predicted molar refractivity (Wildman–Crippen MR) is 149 cm³/mol. The lowest BCUT2D eigenvalue weighted by molar-refractivity contribution is -0.157. The van der Waals surface area contributed by atoms with Crippen molar-refractivity contribution in [2.45, 2.75) is 149 Å². The Hall–Kier alpha value is -2.49. The second-order valence-electron chi connectivity index (χ2n) is 13.7. The number of hydrogen-bond acceptors (Lipinski definition) is 8. The third-order valence-electron chi connectivity index (χ3n) is 7.57. The van der Waals surface area contributed by atoms with Crippen LogP contribution in [0.5, 0.6) is 0 Å². The minimum absolute atomic E-state index is 0.0169. The number of ketones is 1. The van der Waals surface area contributed by atoms with Gasteiger partial charge in [0.15, 0.2) is 0 Å². The molecule has 0 aromatic carbocycles. The molecule has 10 heteroatoms. The Morgan fingerprint density at radius 2 is 1.10 bits per heavy atom.